The van der Waals surface area contributed by atoms with E-state index in [-0.39, 0.29) is 34.6 Å². The molecule has 2 aromatic heterocycles. The molecule has 20 heteroatoms. The lowest BCUT2D eigenvalue weighted by atomic mass is 9.91. The number of aliphatic hydroxyl groups is 1. The van der Waals surface area contributed by atoms with Gasteiger partial charge in [0, 0.05) is 0 Å². The van der Waals surface area contributed by atoms with Crippen LogP contribution in [0.5, 0.6) is 5.75 Å². The normalized spacial score (nSPS) is 21.8. The lowest BCUT2D eigenvalue weighted by Gasteiger charge is -2.31. The maximum atomic E-state index is 15.3. The summed E-state index contributed by atoms with van der Waals surface area (Å²) in [7, 11) is -10.6. The topological polar surface area (TPSA) is 222 Å². The highest BCUT2D eigenvalue weighted by atomic mass is 35.5. The SMILES string of the molecule is CCC(CC)CC.C[C@H](NP(=O)(Oc1cccc2c1CCCC2)OP(=O)([O-])OC[C@H]1O[C@@H](n2cnc3c(N)nc(Cl)nc32)[C@H](F)C1O)C(=O)OCc1ccccc1. The lowest BCUT2D eigenvalue weighted by Crippen LogP contribution is -2.35. The molecule has 1 aliphatic carbocycles. The van der Waals surface area contributed by atoms with Crippen molar-refractivity contribution >= 4 is 50.1 Å². The van der Waals surface area contributed by atoms with E-state index in [9.17, 15) is 23.9 Å². The molecule has 0 saturated carbocycles. The lowest BCUT2D eigenvalue weighted by molar-refractivity contribution is -0.220. The van der Waals surface area contributed by atoms with Crippen molar-refractivity contribution in [3.8, 4) is 5.75 Å². The first-order valence-corrected chi connectivity index (χ1v) is 22.2. The van der Waals surface area contributed by atoms with Gasteiger partial charge in [-0.2, -0.15) is 15.1 Å². The summed E-state index contributed by atoms with van der Waals surface area (Å²) in [5.74, 6) is 0.130. The third kappa shape index (κ3) is 11.6. The minimum atomic E-state index is -5.60. The summed E-state index contributed by atoms with van der Waals surface area (Å²) >= 11 is 5.89. The van der Waals surface area contributed by atoms with Gasteiger partial charge in [0.2, 0.25) is 5.28 Å². The van der Waals surface area contributed by atoms with Gasteiger partial charge in [0.1, 0.15) is 36.1 Å². The molecule has 1 aliphatic heterocycles. The van der Waals surface area contributed by atoms with Crippen LogP contribution in [0.25, 0.3) is 11.2 Å². The third-order valence-corrected chi connectivity index (χ3v) is 13.3. The Morgan fingerprint density at radius 2 is 1.81 bits per heavy atom. The van der Waals surface area contributed by atoms with Gasteiger partial charge < -0.3 is 34.3 Å². The molecule has 1 fully saturated rings. The van der Waals surface area contributed by atoms with Crippen molar-refractivity contribution in [1.29, 1.82) is 0 Å². The molecular formula is C37H49ClFN6O10P2-. The Morgan fingerprint density at radius 3 is 2.49 bits per heavy atom. The Balaban J connectivity index is 0.000000811. The number of imidazole rings is 1. The fourth-order valence-corrected chi connectivity index (χ4v) is 9.65. The quantitative estimate of drug-likeness (QED) is 0.0600. The van der Waals surface area contributed by atoms with Crippen LogP contribution in [0.3, 0.4) is 0 Å². The predicted molar refractivity (Wildman–Crippen MR) is 209 cm³/mol. The first-order valence-electron chi connectivity index (χ1n) is 18.9. The van der Waals surface area contributed by atoms with E-state index in [2.05, 4.69) is 40.8 Å². The Hall–Kier alpha value is -3.50. The number of aliphatic hydroxyl groups excluding tert-OH is 1. The number of hydrogen-bond acceptors (Lipinski definition) is 14. The largest absolute Gasteiger partial charge is 0.756 e. The number of nitrogens with zero attached hydrogens (tertiary/aromatic N) is 4. The number of phosphoric acid groups is 1. The summed E-state index contributed by atoms with van der Waals surface area (Å²) in [6.45, 7) is 7.01. The molecule has 4 N–H and O–H groups in total. The molecule has 57 heavy (non-hydrogen) atoms. The number of hydrogen-bond donors (Lipinski definition) is 3. The second-order valence-corrected chi connectivity index (χ2v) is 17.3. The molecule has 3 heterocycles. The summed E-state index contributed by atoms with van der Waals surface area (Å²) in [4.78, 5) is 37.8. The monoisotopic (exact) mass is 853 g/mol. The van der Waals surface area contributed by atoms with Gasteiger partial charge in [-0.25, -0.2) is 18.3 Å². The van der Waals surface area contributed by atoms with Crippen molar-refractivity contribution in [2.75, 3.05) is 12.3 Å². The standard InChI is InChI=1S/C30H34ClFN6O10P2.C7H16/c1-17(29(40)44-14-18-8-3-2-4-9-18)37-49(41,47-21-13-7-11-19-10-5-6-12-20(19)21)48-50(42,43)45-15-22-25(39)23(32)28(46-22)38-16-34-24-26(33)35-30(31)36-27(24)38;1-4-7(5-2)6-3/h2-4,7-9,11,13,16-17,22-23,25,28,39H,5-6,10,12,14-15H2,1H3,(H,37,41)(H,42,43)(H2,33,35,36);7H,4-6H2,1-3H3/p-1/t17-,22+,23+,25?,28+,49?;/m0./s1. The Bertz CT molecular complexity index is 2060. The Morgan fingerprint density at radius 1 is 1.11 bits per heavy atom. The van der Waals surface area contributed by atoms with Gasteiger partial charge in [-0.15, -0.1) is 0 Å². The molecule has 1 saturated heterocycles. The van der Waals surface area contributed by atoms with E-state index in [1.807, 2.05) is 6.07 Å². The zero-order chi connectivity index (χ0) is 41.3. The number of aryl methyl sites for hydroxylation is 1. The Kier molecular flexibility index (Phi) is 15.6. The van der Waals surface area contributed by atoms with Gasteiger partial charge in [0.25, 0.3) is 7.82 Å². The van der Waals surface area contributed by atoms with E-state index in [0.29, 0.717) is 17.5 Å². The number of fused-ring (bicyclic) bond motifs is 2. The van der Waals surface area contributed by atoms with Crippen LogP contribution in [0.4, 0.5) is 10.2 Å². The maximum Gasteiger partial charge on any atom is 0.465 e. The first-order chi connectivity index (χ1) is 27.2. The summed E-state index contributed by atoms with van der Waals surface area (Å²) in [5.41, 5.74) is 8.25. The van der Waals surface area contributed by atoms with Crippen molar-refractivity contribution in [1.82, 2.24) is 24.6 Å². The average molecular weight is 854 g/mol. The highest BCUT2D eigenvalue weighted by Crippen LogP contribution is 2.59. The number of nitrogen functional groups attached to an aromatic ring is 1. The molecule has 2 aromatic carbocycles. The van der Waals surface area contributed by atoms with Crippen molar-refractivity contribution < 1.29 is 51.1 Å². The number of alkyl halides is 1. The van der Waals surface area contributed by atoms with Gasteiger partial charge in [0.05, 0.1) is 12.9 Å². The molecule has 312 valence electrons. The zero-order valence-corrected chi connectivity index (χ0v) is 34.7. The van der Waals surface area contributed by atoms with Crippen molar-refractivity contribution in [2.24, 2.45) is 5.92 Å². The number of anilines is 1. The molecular weight excluding hydrogens is 805 g/mol. The van der Waals surface area contributed by atoms with Gasteiger partial charge in [-0.3, -0.25) is 13.9 Å². The van der Waals surface area contributed by atoms with Crippen LogP contribution >= 0.6 is 27.2 Å². The van der Waals surface area contributed by atoms with Crippen molar-refractivity contribution in [3.63, 3.8) is 0 Å². The van der Waals surface area contributed by atoms with Crippen LogP contribution in [-0.4, -0.2) is 61.6 Å². The molecule has 6 rings (SSSR count). The first kappa shape index (κ1) is 44.6. The van der Waals surface area contributed by atoms with Crippen LogP contribution in [0, 0.1) is 5.92 Å². The summed E-state index contributed by atoms with van der Waals surface area (Å²) < 4.78 is 70.4. The number of aromatic nitrogens is 4. The van der Waals surface area contributed by atoms with Gasteiger partial charge >= 0.3 is 13.7 Å². The molecule has 7 atom stereocenters. The van der Waals surface area contributed by atoms with E-state index in [0.717, 1.165) is 41.6 Å². The number of phosphoric ester groups is 1. The van der Waals surface area contributed by atoms with Gasteiger partial charge in [0.15, 0.2) is 23.9 Å². The molecule has 0 radical (unpaired) electrons. The minimum Gasteiger partial charge on any atom is -0.756 e. The smallest absolute Gasteiger partial charge is 0.465 e. The van der Waals surface area contributed by atoms with E-state index in [1.165, 1.54) is 32.3 Å². The second-order valence-electron chi connectivity index (χ2n) is 13.8. The number of benzene rings is 2. The van der Waals surface area contributed by atoms with Crippen LogP contribution in [0.2, 0.25) is 5.28 Å². The molecule has 0 amide bonds. The third-order valence-electron chi connectivity index (χ3n) is 9.83. The fraction of sp³-hybridized carbons (Fsp3) is 0.514. The fourth-order valence-electron chi connectivity index (χ4n) is 6.52. The molecule has 4 aromatic rings. The number of esters is 1. The second kappa shape index (κ2) is 20.0. The summed E-state index contributed by atoms with van der Waals surface area (Å²) in [6.07, 6.45) is 1.18. The van der Waals surface area contributed by atoms with E-state index in [1.54, 1.807) is 36.4 Å². The van der Waals surface area contributed by atoms with Crippen LogP contribution in [0.1, 0.15) is 82.7 Å². The number of carbonyl (C=O) groups excluding carboxylic acids is 1. The predicted octanol–water partition coefficient (Wildman–Crippen LogP) is 6.78. The number of carbonyl (C=O) groups is 1. The van der Waals surface area contributed by atoms with E-state index in [4.69, 9.17) is 40.2 Å². The molecule has 3 unspecified atom stereocenters. The highest BCUT2D eigenvalue weighted by molar-refractivity contribution is 7.63. The van der Waals surface area contributed by atoms with Crippen LogP contribution < -0.4 is 20.2 Å². The van der Waals surface area contributed by atoms with E-state index >= 15 is 4.39 Å². The summed E-state index contributed by atoms with van der Waals surface area (Å²) in [6, 6.07) is 12.5. The molecule has 0 bridgehead atoms. The minimum absolute atomic E-state index is 0.00502. The van der Waals surface area contributed by atoms with Crippen molar-refractivity contribution in [2.45, 2.75) is 110 Å². The molecule has 2 aliphatic rings. The average Bonchev–Trinajstić information content (AvgIpc) is 3.73. The maximum absolute atomic E-state index is 15.3. The number of nitrogens with one attached hydrogen (secondary N) is 1. The van der Waals surface area contributed by atoms with Gasteiger partial charge in [-0.05, 0) is 72.9 Å². The van der Waals surface area contributed by atoms with Gasteiger partial charge in [-0.1, -0.05) is 82.5 Å². The Labute approximate surface area is 335 Å². The molecule has 0 spiro atoms. The number of rotatable bonds is 16. The zero-order valence-electron chi connectivity index (χ0n) is 32.2. The van der Waals surface area contributed by atoms with Crippen LogP contribution in [-0.2, 0) is 51.7 Å². The number of ether oxygens (including phenoxy) is 2. The number of nitrogens with two attached hydrogens (primary N) is 1. The number of halogens is 2. The van der Waals surface area contributed by atoms with E-state index < -0.39 is 58.8 Å². The summed E-state index contributed by atoms with van der Waals surface area (Å²) in [5, 5.41) is 12.7. The molecule has 16 nitrogen and oxygen atoms in total. The van der Waals surface area contributed by atoms with Crippen LogP contribution in [0.15, 0.2) is 54.9 Å². The van der Waals surface area contributed by atoms with Crippen molar-refractivity contribution in [3.05, 3.63) is 76.8 Å². The highest BCUT2D eigenvalue weighted by Gasteiger charge is 2.47.